The number of hydrogen-bond acceptors (Lipinski definition) is 2. The lowest BCUT2D eigenvalue weighted by Gasteiger charge is -2.08. The van der Waals surface area contributed by atoms with E-state index >= 15 is 0 Å². The van der Waals surface area contributed by atoms with Gasteiger partial charge in [-0.05, 0) is 30.2 Å². The molecule has 3 nitrogen and oxygen atoms in total. The van der Waals surface area contributed by atoms with Crippen molar-refractivity contribution in [1.82, 2.24) is 5.32 Å². The number of amides is 1. The quantitative estimate of drug-likeness (QED) is 0.794. The summed E-state index contributed by atoms with van der Waals surface area (Å²) in [5.74, 6) is -0.190. The molecule has 0 saturated heterocycles. The Balaban J connectivity index is 2.40. The summed E-state index contributed by atoms with van der Waals surface area (Å²) in [6.45, 7) is 2.30. The van der Waals surface area contributed by atoms with E-state index in [0.717, 1.165) is 16.5 Å². The van der Waals surface area contributed by atoms with Crippen molar-refractivity contribution in [3.8, 4) is 0 Å². The van der Waals surface area contributed by atoms with E-state index in [0.29, 0.717) is 13.0 Å². The zero-order valence-electron chi connectivity index (χ0n) is 10.4. The van der Waals surface area contributed by atoms with E-state index < -0.39 is 6.10 Å². The first-order valence-electron chi connectivity index (χ1n) is 6.01. The summed E-state index contributed by atoms with van der Waals surface area (Å²) in [4.78, 5) is 11.5. The van der Waals surface area contributed by atoms with E-state index in [4.69, 9.17) is 0 Å². The molecule has 0 saturated carbocycles. The first kappa shape index (κ1) is 14.9. The molecule has 1 atom stereocenters. The van der Waals surface area contributed by atoms with Crippen LogP contribution in [0.1, 0.15) is 25.3 Å². The van der Waals surface area contributed by atoms with Gasteiger partial charge in [0.05, 0.1) is 6.10 Å². The summed E-state index contributed by atoms with van der Waals surface area (Å²) in [5, 5.41) is 12.1. The maximum Gasteiger partial charge on any atom is 0.244 e. The lowest BCUT2D eigenvalue weighted by molar-refractivity contribution is -0.116. The first-order chi connectivity index (χ1) is 8.61. The summed E-state index contributed by atoms with van der Waals surface area (Å²) in [6, 6.07) is 7.68. The molecule has 4 heteroatoms. The molecular formula is C14H18BrNO2. The van der Waals surface area contributed by atoms with Gasteiger partial charge < -0.3 is 10.4 Å². The largest absolute Gasteiger partial charge is 0.391 e. The molecule has 1 amide bonds. The van der Waals surface area contributed by atoms with Crippen LogP contribution in [0.4, 0.5) is 0 Å². The average Bonchev–Trinajstić information content (AvgIpc) is 2.34. The van der Waals surface area contributed by atoms with Crippen LogP contribution in [0.5, 0.6) is 0 Å². The fourth-order valence-electron chi connectivity index (χ4n) is 1.49. The summed E-state index contributed by atoms with van der Waals surface area (Å²) in [7, 11) is 0. The molecule has 0 fully saturated rings. The Bertz CT molecular complexity index is 418. The van der Waals surface area contributed by atoms with Gasteiger partial charge in [0.2, 0.25) is 5.91 Å². The summed E-state index contributed by atoms with van der Waals surface area (Å²) >= 11 is 3.37. The molecule has 0 bridgehead atoms. The second-order valence-corrected chi connectivity index (χ2v) is 4.99. The van der Waals surface area contributed by atoms with Crippen molar-refractivity contribution in [3.63, 3.8) is 0 Å². The van der Waals surface area contributed by atoms with E-state index in [-0.39, 0.29) is 5.91 Å². The molecule has 1 aromatic rings. The van der Waals surface area contributed by atoms with E-state index in [1.54, 1.807) is 6.08 Å². The van der Waals surface area contributed by atoms with Crippen LogP contribution in [0.15, 0.2) is 34.8 Å². The second kappa shape index (κ2) is 8.06. The Morgan fingerprint density at radius 3 is 3.00 bits per heavy atom. The van der Waals surface area contributed by atoms with Gasteiger partial charge in [0, 0.05) is 17.1 Å². The van der Waals surface area contributed by atoms with Gasteiger partial charge in [-0.25, -0.2) is 0 Å². The molecule has 0 heterocycles. The second-order valence-electron chi connectivity index (χ2n) is 4.08. The zero-order chi connectivity index (χ0) is 13.4. The van der Waals surface area contributed by atoms with E-state index in [9.17, 15) is 9.90 Å². The molecule has 0 aliphatic heterocycles. The number of carbonyl (C=O) groups excluding carboxylic acids is 1. The Labute approximate surface area is 116 Å². The van der Waals surface area contributed by atoms with Crippen LogP contribution in [0.2, 0.25) is 0 Å². The van der Waals surface area contributed by atoms with Crippen LogP contribution < -0.4 is 5.32 Å². The molecule has 98 valence electrons. The van der Waals surface area contributed by atoms with Gasteiger partial charge in [0.1, 0.15) is 0 Å². The molecule has 0 radical (unpaired) electrons. The molecule has 1 aromatic carbocycles. The predicted molar refractivity (Wildman–Crippen MR) is 77.1 cm³/mol. The third-order valence-electron chi connectivity index (χ3n) is 2.41. The smallest absolute Gasteiger partial charge is 0.244 e. The van der Waals surface area contributed by atoms with Crippen LogP contribution in [0.3, 0.4) is 0 Å². The monoisotopic (exact) mass is 311 g/mol. The molecule has 1 rings (SSSR count). The van der Waals surface area contributed by atoms with Gasteiger partial charge in [-0.3, -0.25) is 4.79 Å². The third-order valence-corrected chi connectivity index (χ3v) is 2.90. The van der Waals surface area contributed by atoms with Gasteiger partial charge in [0.25, 0.3) is 0 Å². The van der Waals surface area contributed by atoms with Crippen molar-refractivity contribution in [2.75, 3.05) is 6.54 Å². The molecule has 0 aromatic heterocycles. The lowest BCUT2D eigenvalue weighted by Crippen LogP contribution is -2.30. The Kier molecular flexibility index (Phi) is 6.68. The average molecular weight is 312 g/mol. The minimum absolute atomic E-state index is 0.190. The number of halogens is 1. The zero-order valence-corrected chi connectivity index (χ0v) is 12.0. The first-order valence-corrected chi connectivity index (χ1v) is 6.80. The fourth-order valence-corrected chi connectivity index (χ4v) is 1.91. The molecule has 2 N–H and O–H groups in total. The highest BCUT2D eigenvalue weighted by atomic mass is 79.9. The lowest BCUT2D eigenvalue weighted by atomic mass is 10.2. The Hall–Kier alpha value is -1.13. The molecule has 0 aliphatic rings. The number of benzene rings is 1. The van der Waals surface area contributed by atoms with E-state index in [1.807, 2.05) is 31.2 Å². The highest BCUT2D eigenvalue weighted by molar-refractivity contribution is 9.10. The van der Waals surface area contributed by atoms with E-state index in [2.05, 4.69) is 21.2 Å². The molecule has 0 spiro atoms. The highest BCUT2D eigenvalue weighted by Crippen LogP contribution is 2.12. The van der Waals surface area contributed by atoms with Crippen molar-refractivity contribution < 1.29 is 9.90 Å². The van der Waals surface area contributed by atoms with Gasteiger partial charge in [-0.2, -0.15) is 0 Å². The van der Waals surface area contributed by atoms with Crippen molar-refractivity contribution in [1.29, 1.82) is 0 Å². The molecule has 1 unspecified atom stereocenters. The van der Waals surface area contributed by atoms with Crippen LogP contribution in [0.25, 0.3) is 6.08 Å². The van der Waals surface area contributed by atoms with Crippen molar-refractivity contribution in [3.05, 3.63) is 40.4 Å². The number of aliphatic hydroxyl groups is 1. The maximum atomic E-state index is 11.5. The van der Waals surface area contributed by atoms with Crippen molar-refractivity contribution >= 4 is 27.9 Å². The highest BCUT2D eigenvalue weighted by Gasteiger charge is 2.03. The summed E-state index contributed by atoms with van der Waals surface area (Å²) in [5.41, 5.74) is 0.952. The van der Waals surface area contributed by atoms with E-state index in [1.165, 1.54) is 6.08 Å². The van der Waals surface area contributed by atoms with Crippen LogP contribution in [-0.4, -0.2) is 23.7 Å². The number of hydrogen-bond donors (Lipinski definition) is 2. The predicted octanol–water partition coefficient (Wildman–Crippen LogP) is 2.74. The topological polar surface area (TPSA) is 49.3 Å². The van der Waals surface area contributed by atoms with Gasteiger partial charge >= 0.3 is 0 Å². The van der Waals surface area contributed by atoms with Crippen LogP contribution in [-0.2, 0) is 4.79 Å². The number of aliphatic hydroxyl groups excluding tert-OH is 1. The van der Waals surface area contributed by atoms with Gasteiger partial charge in [-0.15, -0.1) is 0 Å². The van der Waals surface area contributed by atoms with Gasteiger partial charge in [0.15, 0.2) is 0 Å². The SMILES string of the molecule is CCCC(O)CNC(=O)/C=C/c1cccc(Br)c1. The van der Waals surface area contributed by atoms with Crippen LogP contribution >= 0.6 is 15.9 Å². The fraction of sp³-hybridized carbons (Fsp3) is 0.357. The molecule has 0 aliphatic carbocycles. The van der Waals surface area contributed by atoms with Crippen molar-refractivity contribution in [2.24, 2.45) is 0 Å². The van der Waals surface area contributed by atoms with Gasteiger partial charge in [-0.1, -0.05) is 41.4 Å². The van der Waals surface area contributed by atoms with Crippen molar-refractivity contribution in [2.45, 2.75) is 25.9 Å². The third kappa shape index (κ3) is 5.98. The minimum Gasteiger partial charge on any atom is -0.391 e. The summed E-state index contributed by atoms with van der Waals surface area (Å²) < 4.78 is 0.975. The minimum atomic E-state index is -0.460. The normalized spacial score (nSPS) is 12.6. The Morgan fingerprint density at radius 2 is 2.33 bits per heavy atom. The molecule has 18 heavy (non-hydrogen) atoms. The number of rotatable bonds is 6. The maximum absolute atomic E-state index is 11.5. The van der Waals surface area contributed by atoms with Crippen LogP contribution in [0, 0.1) is 0 Å². The summed E-state index contributed by atoms with van der Waals surface area (Å²) in [6.07, 6.45) is 4.37. The standard InChI is InChI=1S/C14H18BrNO2/c1-2-4-13(17)10-16-14(18)8-7-11-5-3-6-12(15)9-11/h3,5-9,13,17H,2,4,10H2,1H3,(H,16,18)/b8-7+. The number of nitrogens with one attached hydrogen (secondary N) is 1. The molecular weight excluding hydrogens is 294 g/mol. The Morgan fingerprint density at radius 1 is 1.56 bits per heavy atom. The number of carbonyl (C=O) groups is 1.